The van der Waals surface area contributed by atoms with Gasteiger partial charge in [-0.1, -0.05) is 48.5 Å². The third kappa shape index (κ3) is 6.93. The van der Waals surface area contributed by atoms with E-state index in [9.17, 15) is 4.79 Å². The van der Waals surface area contributed by atoms with Crippen molar-refractivity contribution >= 4 is 41.5 Å². The molecule has 4 rings (SSSR count). The van der Waals surface area contributed by atoms with Crippen LogP contribution in [0.15, 0.2) is 59.6 Å². The molecule has 0 saturated carbocycles. The van der Waals surface area contributed by atoms with Gasteiger partial charge in [-0.2, -0.15) is 0 Å². The van der Waals surface area contributed by atoms with Gasteiger partial charge in [0.15, 0.2) is 5.96 Å². The van der Waals surface area contributed by atoms with E-state index in [1.54, 1.807) is 0 Å². The first-order chi connectivity index (χ1) is 15.7. The number of carbonyl (C=O) groups is 1. The van der Waals surface area contributed by atoms with Crippen LogP contribution in [0.4, 0.5) is 5.69 Å². The number of halogens is 1. The first kappa shape index (κ1) is 25.5. The fourth-order valence-electron chi connectivity index (χ4n) is 4.53. The Morgan fingerprint density at radius 1 is 1.12 bits per heavy atom. The standard InChI is InChI=1S/C26H34N4O2.HI/c1-2-27-26(28-17-25(31)30-15-8-12-23-11-6-7-13-24(23)30)29-16-14-22(18-29)20-32-19-21-9-4-3-5-10-21;/h3-7,9-11,13,22H,2,8,12,14-20H2,1H3,(H,27,28);1H. The van der Waals surface area contributed by atoms with Crippen molar-refractivity contribution in [2.45, 2.75) is 32.8 Å². The minimum Gasteiger partial charge on any atom is -0.376 e. The molecule has 1 N–H and O–H groups in total. The lowest BCUT2D eigenvalue weighted by molar-refractivity contribution is -0.117. The molecule has 178 valence electrons. The highest BCUT2D eigenvalue weighted by molar-refractivity contribution is 14.0. The van der Waals surface area contributed by atoms with Gasteiger partial charge in [-0.3, -0.25) is 4.79 Å². The molecule has 2 heterocycles. The molecule has 1 saturated heterocycles. The Kier molecular flexibility index (Phi) is 9.99. The van der Waals surface area contributed by atoms with Gasteiger partial charge in [0, 0.05) is 37.8 Å². The third-order valence-electron chi connectivity index (χ3n) is 6.16. The fraction of sp³-hybridized carbons (Fsp3) is 0.462. The molecule has 2 aromatic carbocycles. The van der Waals surface area contributed by atoms with Crippen molar-refractivity contribution < 1.29 is 9.53 Å². The molecule has 1 amide bonds. The van der Waals surface area contributed by atoms with Crippen molar-refractivity contribution in [2.75, 3.05) is 44.2 Å². The van der Waals surface area contributed by atoms with E-state index in [4.69, 9.17) is 9.73 Å². The highest BCUT2D eigenvalue weighted by Gasteiger charge is 2.26. The summed E-state index contributed by atoms with van der Waals surface area (Å²) in [6, 6.07) is 18.5. The van der Waals surface area contributed by atoms with Crippen LogP contribution in [0, 0.1) is 5.92 Å². The summed E-state index contributed by atoms with van der Waals surface area (Å²) in [4.78, 5) is 21.8. The minimum absolute atomic E-state index is 0. The maximum absolute atomic E-state index is 13.0. The van der Waals surface area contributed by atoms with Gasteiger partial charge in [-0.05, 0) is 43.4 Å². The topological polar surface area (TPSA) is 57.2 Å². The van der Waals surface area contributed by atoms with Crippen LogP contribution in [0.2, 0.25) is 0 Å². The Morgan fingerprint density at radius 3 is 2.73 bits per heavy atom. The number of nitrogens with zero attached hydrogens (tertiary/aromatic N) is 3. The summed E-state index contributed by atoms with van der Waals surface area (Å²) in [6.07, 6.45) is 3.11. The summed E-state index contributed by atoms with van der Waals surface area (Å²) in [5.74, 6) is 1.37. The molecule has 2 aromatic rings. The van der Waals surface area contributed by atoms with E-state index >= 15 is 0 Å². The lowest BCUT2D eigenvalue weighted by Gasteiger charge is -2.29. The van der Waals surface area contributed by atoms with Crippen LogP contribution < -0.4 is 10.2 Å². The zero-order valence-electron chi connectivity index (χ0n) is 19.4. The lowest BCUT2D eigenvalue weighted by atomic mass is 10.0. The van der Waals surface area contributed by atoms with Gasteiger partial charge >= 0.3 is 0 Å². The van der Waals surface area contributed by atoms with Crippen LogP contribution in [0.3, 0.4) is 0 Å². The van der Waals surface area contributed by atoms with Crippen LogP contribution in [-0.2, 0) is 22.6 Å². The Morgan fingerprint density at radius 2 is 1.91 bits per heavy atom. The normalized spacial score (nSPS) is 18.0. The monoisotopic (exact) mass is 562 g/mol. The van der Waals surface area contributed by atoms with Gasteiger partial charge in [0.1, 0.15) is 6.54 Å². The number of hydrogen-bond acceptors (Lipinski definition) is 3. The fourth-order valence-corrected chi connectivity index (χ4v) is 4.53. The molecule has 33 heavy (non-hydrogen) atoms. The number of fused-ring (bicyclic) bond motifs is 1. The van der Waals surface area contributed by atoms with Crippen molar-refractivity contribution in [3.05, 3.63) is 65.7 Å². The molecular weight excluding hydrogens is 527 g/mol. The quantitative estimate of drug-likeness (QED) is 0.314. The summed E-state index contributed by atoms with van der Waals surface area (Å²) in [6.45, 7) is 7.02. The number of nitrogens with one attached hydrogen (secondary N) is 1. The predicted octanol–water partition coefficient (Wildman–Crippen LogP) is 4.09. The van der Waals surface area contributed by atoms with E-state index in [0.717, 1.165) is 63.7 Å². The summed E-state index contributed by atoms with van der Waals surface area (Å²) in [7, 11) is 0. The Bertz CT molecular complexity index is 922. The molecule has 7 heteroatoms. The van der Waals surface area contributed by atoms with E-state index in [1.165, 1.54) is 11.1 Å². The molecule has 0 bridgehead atoms. The van der Waals surface area contributed by atoms with Gasteiger partial charge in [0.05, 0.1) is 13.2 Å². The molecule has 2 aliphatic heterocycles. The van der Waals surface area contributed by atoms with Crippen LogP contribution >= 0.6 is 24.0 Å². The number of guanidine groups is 1. The number of carbonyl (C=O) groups excluding carboxylic acids is 1. The van der Waals surface area contributed by atoms with Crippen molar-refractivity contribution in [2.24, 2.45) is 10.9 Å². The molecule has 1 fully saturated rings. The Hall–Kier alpha value is -2.13. The third-order valence-corrected chi connectivity index (χ3v) is 6.16. The molecule has 0 spiro atoms. The molecule has 1 atom stereocenters. The smallest absolute Gasteiger partial charge is 0.248 e. The average Bonchev–Trinajstić information content (AvgIpc) is 3.30. The first-order valence-corrected chi connectivity index (χ1v) is 11.8. The maximum atomic E-state index is 13.0. The summed E-state index contributed by atoms with van der Waals surface area (Å²) < 4.78 is 5.95. The van der Waals surface area contributed by atoms with E-state index in [-0.39, 0.29) is 36.4 Å². The molecule has 0 aliphatic carbocycles. The number of para-hydroxylation sites is 1. The molecule has 6 nitrogen and oxygen atoms in total. The van der Waals surface area contributed by atoms with Crippen molar-refractivity contribution in [1.29, 1.82) is 0 Å². The van der Waals surface area contributed by atoms with Crippen LogP contribution in [0.25, 0.3) is 0 Å². The summed E-state index contributed by atoms with van der Waals surface area (Å²) in [5, 5.41) is 3.37. The average molecular weight is 562 g/mol. The molecule has 0 radical (unpaired) electrons. The van der Waals surface area contributed by atoms with Gasteiger partial charge < -0.3 is 19.9 Å². The number of aliphatic imine (C=N–C) groups is 1. The Balaban J connectivity index is 0.00000306. The summed E-state index contributed by atoms with van der Waals surface area (Å²) in [5.41, 5.74) is 3.50. The lowest BCUT2D eigenvalue weighted by Crippen LogP contribution is -2.42. The van der Waals surface area contributed by atoms with Crippen molar-refractivity contribution in [3.63, 3.8) is 0 Å². The molecule has 1 unspecified atom stereocenters. The highest BCUT2D eigenvalue weighted by atomic mass is 127. The minimum atomic E-state index is 0. The van der Waals surface area contributed by atoms with Gasteiger partial charge in [0.25, 0.3) is 0 Å². The van der Waals surface area contributed by atoms with Crippen molar-refractivity contribution in [1.82, 2.24) is 10.2 Å². The SMILES string of the molecule is CCNC(=NCC(=O)N1CCCc2ccccc21)N1CCC(COCc2ccccc2)C1.I. The van der Waals surface area contributed by atoms with E-state index < -0.39 is 0 Å². The highest BCUT2D eigenvalue weighted by Crippen LogP contribution is 2.26. The summed E-state index contributed by atoms with van der Waals surface area (Å²) >= 11 is 0. The molecule has 2 aliphatic rings. The largest absolute Gasteiger partial charge is 0.376 e. The number of anilines is 1. The first-order valence-electron chi connectivity index (χ1n) is 11.8. The van der Waals surface area contributed by atoms with E-state index in [0.29, 0.717) is 12.5 Å². The predicted molar refractivity (Wildman–Crippen MR) is 144 cm³/mol. The van der Waals surface area contributed by atoms with Crippen LogP contribution in [-0.4, -0.2) is 56.1 Å². The second kappa shape index (κ2) is 12.9. The van der Waals surface area contributed by atoms with Gasteiger partial charge in [-0.15, -0.1) is 24.0 Å². The number of likely N-dealkylation sites (tertiary alicyclic amines) is 1. The second-order valence-corrected chi connectivity index (χ2v) is 8.55. The zero-order valence-corrected chi connectivity index (χ0v) is 21.7. The maximum Gasteiger partial charge on any atom is 0.248 e. The number of aryl methyl sites for hydroxylation is 1. The Labute approximate surface area is 214 Å². The van der Waals surface area contributed by atoms with Gasteiger partial charge in [0.2, 0.25) is 5.91 Å². The number of ether oxygens (including phenoxy) is 1. The molecule has 0 aromatic heterocycles. The van der Waals surface area contributed by atoms with Gasteiger partial charge in [-0.25, -0.2) is 4.99 Å². The second-order valence-electron chi connectivity index (χ2n) is 8.55. The zero-order chi connectivity index (χ0) is 22.2. The van der Waals surface area contributed by atoms with Crippen LogP contribution in [0.5, 0.6) is 0 Å². The van der Waals surface area contributed by atoms with Crippen molar-refractivity contribution in [3.8, 4) is 0 Å². The number of rotatable bonds is 7. The number of hydrogen-bond donors (Lipinski definition) is 1. The number of benzene rings is 2. The van der Waals surface area contributed by atoms with E-state index in [1.807, 2.05) is 41.3 Å². The molecular formula is C26H35IN4O2. The number of amides is 1. The van der Waals surface area contributed by atoms with E-state index in [2.05, 4.69) is 35.3 Å². The van der Waals surface area contributed by atoms with Crippen LogP contribution in [0.1, 0.15) is 30.9 Å².